The number of alkyl halides is 3. The number of halogens is 4. The topological polar surface area (TPSA) is 60.1 Å². The van der Waals surface area contributed by atoms with Gasteiger partial charge in [0.1, 0.15) is 6.54 Å². The van der Waals surface area contributed by atoms with Gasteiger partial charge in [-0.05, 0) is 95.7 Å². The molecule has 1 aromatic carbocycles. The minimum atomic E-state index is -4.41. The van der Waals surface area contributed by atoms with Crippen LogP contribution in [0.3, 0.4) is 0 Å². The lowest BCUT2D eigenvalue weighted by Gasteiger charge is -2.35. The van der Waals surface area contributed by atoms with E-state index in [4.69, 9.17) is 11.6 Å². The number of nitrogens with one attached hydrogen (secondary N) is 1. The number of piperidine rings is 1. The molecule has 1 N–H and O–H groups in total. The standard InChI is InChI=1S/C30H34ClF3N6/c1-29(2,19-35)28-8-7-23(17-37-28)36-11-5-6-25-16-26-21(18-39-12-9-24(10-13-39)38(3)4)14-22(31)15-27(26)40(25)20-30(32,33)34/h7-8,14-17,24,36H,9-13,18,20H2,1-4H3. The Morgan fingerprint density at radius 2 is 1.88 bits per heavy atom. The van der Waals surface area contributed by atoms with E-state index in [1.807, 2.05) is 6.07 Å². The number of fused-ring (bicyclic) bond motifs is 1. The molecule has 2 aromatic heterocycles. The zero-order valence-corrected chi connectivity index (χ0v) is 24.0. The predicted octanol–water partition coefficient (Wildman–Crippen LogP) is 6.04. The van der Waals surface area contributed by atoms with Gasteiger partial charge in [0.05, 0.1) is 46.8 Å². The Morgan fingerprint density at radius 1 is 1.15 bits per heavy atom. The van der Waals surface area contributed by atoms with Crippen LogP contribution in [0.15, 0.2) is 36.5 Å². The molecule has 212 valence electrons. The molecule has 1 aliphatic rings. The maximum absolute atomic E-state index is 13.6. The average Bonchev–Trinajstić information content (AvgIpc) is 3.23. The predicted molar refractivity (Wildman–Crippen MR) is 153 cm³/mol. The summed E-state index contributed by atoms with van der Waals surface area (Å²) in [6, 6.07) is 11.5. The highest BCUT2D eigenvalue weighted by Crippen LogP contribution is 2.31. The smallest absolute Gasteiger partial charge is 0.373 e. The molecule has 4 rings (SSSR count). The van der Waals surface area contributed by atoms with Crippen LogP contribution in [0.4, 0.5) is 18.9 Å². The molecule has 0 radical (unpaired) electrons. The molecule has 1 saturated heterocycles. The van der Waals surface area contributed by atoms with Crippen molar-refractivity contribution >= 4 is 28.2 Å². The van der Waals surface area contributed by atoms with Crippen LogP contribution in [-0.2, 0) is 18.5 Å². The van der Waals surface area contributed by atoms with Crippen molar-refractivity contribution < 1.29 is 13.2 Å². The number of aromatic nitrogens is 2. The van der Waals surface area contributed by atoms with Crippen molar-refractivity contribution in [3.8, 4) is 17.9 Å². The molecule has 40 heavy (non-hydrogen) atoms. The fraction of sp³-hybridized carbons (Fsp3) is 0.467. The molecule has 3 heterocycles. The van der Waals surface area contributed by atoms with E-state index < -0.39 is 18.1 Å². The lowest BCUT2D eigenvalue weighted by molar-refractivity contribution is -0.140. The quantitative estimate of drug-likeness (QED) is 0.351. The van der Waals surface area contributed by atoms with E-state index in [-0.39, 0.29) is 12.2 Å². The molecule has 3 aromatic rings. The molecule has 0 bridgehead atoms. The van der Waals surface area contributed by atoms with Crippen molar-refractivity contribution in [2.24, 2.45) is 0 Å². The first-order valence-corrected chi connectivity index (χ1v) is 13.6. The van der Waals surface area contributed by atoms with Gasteiger partial charge < -0.3 is 14.8 Å². The normalized spacial score (nSPS) is 15.2. The Labute approximate surface area is 238 Å². The van der Waals surface area contributed by atoms with Crippen LogP contribution in [0.2, 0.25) is 5.02 Å². The summed E-state index contributed by atoms with van der Waals surface area (Å²) in [4.78, 5) is 8.91. The summed E-state index contributed by atoms with van der Waals surface area (Å²) in [5, 5.41) is 13.5. The number of rotatable bonds is 7. The van der Waals surface area contributed by atoms with E-state index in [9.17, 15) is 18.4 Å². The zero-order chi connectivity index (χ0) is 29.1. The van der Waals surface area contributed by atoms with E-state index >= 15 is 0 Å². The lowest BCUT2D eigenvalue weighted by Crippen LogP contribution is -2.41. The largest absolute Gasteiger partial charge is 0.406 e. The van der Waals surface area contributed by atoms with E-state index in [1.165, 1.54) is 4.57 Å². The first-order chi connectivity index (χ1) is 18.9. The van der Waals surface area contributed by atoms with Crippen LogP contribution < -0.4 is 5.32 Å². The van der Waals surface area contributed by atoms with Crippen molar-refractivity contribution in [3.05, 3.63) is 58.5 Å². The van der Waals surface area contributed by atoms with E-state index in [1.54, 1.807) is 44.3 Å². The molecule has 0 aliphatic carbocycles. The third kappa shape index (κ3) is 7.28. The number of hydrogen-bond acceptors (Lipinski definition) is 5. The summed E-state index contributed by atoms with van der Waals surface area (Å²) in [5.74, 6) is 5.88. The minimum Gasteiger partial charge on any atom is -0.373 e. The molecule has 1 aliphatic heterocycles. The van der Waals surface area contributed by atoms with Crippen LogP contribution in [0.25, 0.3) is 10.9 Å². The van der Waals surface area contributed by atoms with Gasteiger partial charge in [0.2, 0.25) is 0 Å². The van der Waals surface area contributed by atoms with Crippen molar-refractivity contribution in [3.63, 3.8) is 0 Å². The number of benzene rings is 1. The van der Waals surface area contributed by atoms with Crippen LogP contribution in [0.5, 0.6) is 0 Å². The molecule has 1 fully saturated rings. The highest BCUT2D eigenvalue weighted by molar-refractivity contribution is 6.31. The highest BCUT2D eigenvalue weighted by atomic mass is 35.5. The Hall–Kier alpha value is -3.24. The monoisotopic (exact) mass is 570 g/mol. The van der Waals surface area contributed by atoms with Crippen molar-refractivity contribution in [2.45, 2.75) is 57.4 Å². The maximum Gasteiger partial charge on any atom is 0.406 e. The SMILES string of the molecule is CN(C)C1CCN(Cc2cc(Cl)cc3c2cc(C#CCNc2ccc(C(C)(C)C#N)nc2)n3CC(F)(F)F)CC1. The van der Waals surface area contributed by atoms with Gasteiger partial charge in [-0.2, -0.15) is 18.4 Å². The molecule has 0 spiro atoms. The third-order valence-electron chi connectivity index (χ3n) is 7.37. The molecule has 0 atom stereocenters. The number of nitriles is 1. The zero-order valence-electron chi connectivity index (χ0n) is 23.2. The van der Waals surface area contributed by atoms with Crippen molar-refractivity contribution in [1.82, 2.24) is 19.4 Å². The number of nitrogens with zero attached hydrogens (tertiary/aromatic N) is 5. The Balaban J connectivity index is 1.56. The Morgan fingerprint density at radius 3 is 2.48 bits per heavy atom. The first kappa shape index (κ1) is 29.7. The van der Waals surface area contributed by atoms with Crippen molar-refractivity contribution in [1.29, 1.82) is 5.26 Å². The van der Waals surface area contributed by atoms with Gasteiger partial charge in [0.15, 0.2) is 0 Å². The summed E-state index contributed by atoms with van der Waals surface area (Å²) in [7, 11) is 4.18. The maximum atomic E-state index is 13.6. The number of anilines is 1. The van der Waals surface area contributed by atoms with Crippen LogP contribution in [-0.4, -0.2) is 65.3 Å². The van der Waals surface area contributed by atoms with Gasteiger partial charge >= 0.3 is 6.18 Å². The van der Waals surface area contributed by atoms with E-state index in [0.29, 0.717) is 34.5 Å². The molecular weight excluding hydrogens is 537 g/mol. The summed E-state index contributed by atoms with van der Waals surface area (Å²) >= 11 is 6.41. The second-order valence-electron chi connectivity index (χ2n) is 11.0. The number of hydrogen-bond donors (Lipinski definition) is 1. The molecule has 0 amide bonds. The molecular formula is C30H34ClF3N6. The Bertz CT molecular complexity index is 1430. The number of pyridine rings is 1. The summed E-state index contributed by atoms with van der Waals surface area (Å²) in [6.45, 7) is 5.10. The molecule has 0 saturated carbocycles. The first-order valence-electron chi connectivity index (χ1n) is 13.2. The molecule has 6 nitrogen and oxygen atoms in total. The van der Waals surface area contributed by atoms with Gasteiger partial charge in [-0.1, -0.05) is 17.5 Å². The van der Waals surface area contributed by atoms with Gasteiger partial charge in [0, 0.05) is 23.0 Å². The van der Waals surface area contributed by atoms with Crippen LogP contribution >= 0.6 is 11.6 Å². The summed E-state index contributed by atoms with van der Waals surface area (Å²) < 4.78 is 42.0. The van der Waals surface area contributed by atoms with Crippen LogP contribution in [0, 0.1) is 23.2 Å². The summed E-state index contributed by atoms with van der Waals surface area (Å²) in [6.07, 6.45) is -0.706. The Kier molecular flexibility index (Phi) is 8.99. The van der Waals surface area contributed by atoms with Gasteiger partial charge in [-0.3, -0.25) is 9.88 Å². The second kappa shape index (κ2) is 12.1. The number of likely N-dealkylation sites (tertiary alicyclic amines) is 1. The fourth-order valence-corrected chi connectivity index (χ4v) is 5.25. The molecule has 10 heteroatoms. The highest BCUT2D eigenvalue weighted by Gasteiger charge is 2.30. The third-order valence-corrected chi connectivity index (χ3v) is 7.59. The van der Waals surface area contributed by atoms with Gasteiger partial charge in [-0.25, -0.2) is 0 Å². The van der Waals surface area contributed by atoms with Gasteiger partial charge in [-0.15, -0.1) is 0 Å². The lowest BCUT2D eigenvalue weighted by atomic mass is 9.91. The average molecular weight is 571 g/mol. The molecule has 0 unspecified atom stereocenters. The van der Waals surface area contributed by atoms with E-state index in [2.05, 4.69) is 52.1 Å². The summed E-state index contributed by atoms with van der Waals surface area (Å²) in [5.41, 5.74) is 2.27. The second-order valence-corrected chi connectivity index (χ2v) is 11.5. The van der Waals surface area contributed by atoms with Gasteiger partial charge in [0.25, 0.3) is 0 Å². The van der Waals surface area contributed by atoms with Crippen LogP contribution in [0.1, 0.15) is 43.6 Å². The van der Waals surface area contributed by atoms with Crippen molar-refractivity contribution in [2.75, 3.05) is 39.0 Å². The fourth-order valence-electron chi connectivity index (χ4n) is 5.02. The minimum absolute atomic E-state index is 0.213. The van der Waals surface area contributed by atoms with E-state index in [0.717, 1.165) is 36.9 Å².